The maximum atomic E-state index is 11.2. The molecule has 2 aromatic rings. The van der Waals surface area contributed by atoms with Crippen LogP contribution in [0.25, 0.3) is 11.0 Å². The van der Waals surface area contributed by atoms with Gasteiger partial charge < -0.3 is 9.30 Å². The molecule has 0 saturated heterocycles. The lowest BCUT2D eigenvalue weighted by Gasteiger charge is -2.06. The number of methoxy groups -OCH3 is 1. The van der Waals surface area contributed by atoms with Crippen LogP contribution < -0.4 is 0 Å². The molecule has 1 aromatic heterocycles. The summed E-state index contributed by atoms with van der Waals surface area (Å²) in [6.45, 7) is 2.69. The third kappa shape index (κ3) is 2.30. The highest BCUT2D eigenvalue weighted by molar-refractivity contribution is 5.76. The largest absolute Gasteiger partial charge is 0.469 e. The minimum atomic E-state index is -0.190. The molecule has 4 heteroatoms. The lowest BCUT2D eigenvalue weighted by atomic mass is 10.3. The molecule has 0 N–H and O–H groups in total. The summed E-state index contributed by atoms with van der Waals surface area (Å²) >= 11 is 0. The van der Waals surface area contributed by atoms with Crippen LogP contribution in [0.1, 0.15) is 19.2 Å². The standard InChI is InChI=1S/C13H16N2O2/c1-3-12-14-10-6-4-5-7-11(10)15(12)9-8-13(16)17-2/h4-7H,3,8-9H2,1-2H3. The predicted molar refractivity (Wildman–Crippen MR) is 65.7 cm³/mol. The van der Waals surface area contributed by atoms with Crippen LogP contribution in [-0.4, -0.2) is 22.6 Å². The summed E-state index contributed by atoms with van der Waals surface area (Å²) < 4.78 is 6.75. The summed E-state index contributed by atoms with van der Waals surface area (Å²) in [6, 6.07) is 7.97. The van der Waals surface area contributed by atoms with Crippen molar-refractivity contribution in [2.75, 3.05) is 7.11 Å². The van der Waals surface area contributed by atoms with Gasteiger partial charge in [-0.05, 0) is 12.1 Å². The second-order valence-electron chi connectivity index (χ2n) is 3.85. The number of aromatic nitrogens is 2. The topological polar surface area (TPSA) is 44.1 Å². The Labute approximate surface area is 100 Å². The number of aryl methyl sites for hydroxylation is 2. The highest BCUT2D eigenvalue weighted by Crippen LogP contribution is 2.16. The van der Waals surface area contributed by atoms with Crippen LogP contribution in [0.3, 0.4) is 0 Å². The van der Waals surface area contributed by atoms with Gasteiger partial charge in [0, 0.05) is 13.0 Å². The first-order valence-electron chi connectivity index (χ1n) is 5.77. The van der Waals surface area contributed by atoms with E-state index in [1.54, 1.807) is 0 Å². The van der Waals surface area contributed by atoms with Gasteiger partial charge in [-0.15, -0.1) is 0 Å². The van der Waals surface area contributed by atoms with Crippen LogP contribution in [0.2, 0.25) is 0 Å². The highest BCUT2D eigenvalue weighted by atomic mass is 16.5. The van der Waals surface area contributed by atoms with Gasteiger partial charge in [0.2, 0.25) is 0 Å². The van der Waals surface area contributed by atoms with Gasteiger partial charge >= 0.3 is 5.97 Å². The summed E-state index contributed by atoms with van der Waals surface area (Å²) in [5.41, 5.74) is 2.06. The third-order valence-corrected chi connectivity index (χ3v) is 2.82. The van der Waals surface area contributed by atoms with Gasteiger partial charge in [0.05, 0.1) is 24.6 Å². The van der Waals surface area contributed by atoms with E-state index in [0.29, 0.717) is 13.0 Å². The number of ether oxygens (including phenoxy) is 1. The van der Waals surface area contributed by atoms with Gasteiger partial charge in [0.1, 0.15) is 5.82 Å². The first-order chi connectivity index (χ1) is 8.26. The molecule has 4 nitrogen and oxygen atoms in total. The summed E-state index contributed by atoms with van der Waals surface area (Å²) in [7, 11) is 1.41. The molecular formula is C13H16N2O2. The van der Waals surface area contributed by atoms with E-state index in [2.05, 4.69) is 21.2 Å². The number of rotatable bonds is 4. The van der Waals surface area contributed by atoms with E-state index < -0.39 is 0 Å². The molecular weight excluding hydrogens is 216 g/mol. The number of fused-ring (bicyclic) bond motifs is 1. The maximum absolute atomic E-state index is 11.2. The smallest absolute Gasteiger partial charge is 0.307 e. The van der Waals surface area contributed by atoms with Gasteiger partial charge in [0.15, 0.2) is 0 Å². The van der Waals surface area contributed by atoms with Crippen molar-refractivity contribution in [1.29, 1.82) is 0 Å². The molecule has 0 unspecified atom stereocenters. The summed E-state index contributed by atoms with van der Waals surface area (Å²) in [6.07, 6.45) is 1.24. The Balaban J connectivity index is 2.33. The van der Waals surface area contributed by atoms with Crippen LogP contribution in [0.4, 0.5) is 0 Å². The van der Waals surface area contributed by atoms with Gasteiger partial charge in [-0.25, -0.2) is 4.98 Å². The van der Waals surface area contributed by atoms with E-state index in [9.17, 15) is 4.79 Å². The Morgan fingerprint density at radius 3 is 2.88 bits per heavy atom. The van der Waals surface area contributed by atoms with Crippen LogP contribution in [-0.2, 0) is 22.5 Å². The number of carbonyl (C=O) groups is 1. The van der Waals surface area contributed by atoms with E-state index in [4.69, 9.17) is 0 Å². The Morgan fingerprint density at radius 2 is 2.18 bits per heavy atom. The number of hydrogen-bond acceptors (Lipinski definition) is 3. The van der Waals surface area contributed by atoms with Crippen LogP contribution in [0.15, 0.2) is 24.3 Å². The molecule has 1 aromatic carbocycles. The zero-order chi connectivity index (χ0) is 12.3. The zero-order valence-corrected chi connectivity index (χ0v) is 10.1. The quantitative estimate of drug-likeness (QED) is 0.759. The van der Waals surface area contributed by atoms with Crippen molar-refractivity contribution in [1.82, 2.24) is 9.55 Å². The number of benzene rings is 1. The second-order valence-corrected chi connectivity index (χ2v) is 3.85. The van der Waals surface area contributed by atoms with Crippen molar-refractivity contribution in [2.24, 2.45) is 0 Å². The summed E-state index contributed by atoms with van der Waals surface area (Å²) in [4.78, 5) is 15.7. The Morgan fingerprint density at radius 1 is 1.41 bits per heavy atom. The van der Waals surface area contributed by atoms with E-state index in [1.165, 1.54) is 7.11 Å². The van der Waals surface area contributed by atoms with E-state index in [-0.39, 0.29) is 5.97 Å². The van der Waals surface area contributed by atoms with Crippen molar-refractivity contribution in [2.45, 2.75) is 26.3 Å². The Bertz CT molecular complexity index is 531. The average Bonchev–Trinajstić information content (AvgIpc) is 2.73. The van der Waals surface area contributed by atoms with Crippen LogP contribution in [0.5, 0.6) is 0 Å². The van der Waals surface area contributed by atoms with Crippen molar-refractivity contribution < 1.29 is 9.53 Å². The van der Waals surface area contributed by atoms with Crippen molar-refractivity contribution in [3.05, 3.63) is 30.1 Å². The molecule has 0 atom stereocenters. The number of para-hydroxylation sites is 2. The van der Waals surface area contributed by atoms with Crippen LogP contribution >= 0.6 is 0 Å². The summed E-state index contributed by atoms with van der Waals surface area (Å²) in [5, 5.41) is 0. The molecule has 0 aliphatic carbocycles. The first-order valence-corrected chi connectivity index (χ1v) is 5.77. The lowest BCUT2D eigenvalue weighted by molar-refractivity contribution is -0.140. The lowest BCUT2D eigenvalue weighted by Crippen LogP contribution is -2.09. The Hall–Kier alpha value is -1.84. The summed E-state index contributed by atoms with van der Waals surface area (Å²) in [5.74, 6) is 0.819. The average molecular weight is 232 g/mol. The van der Waals surface area contributed by atoms with Gasteiger partial charge in [-0.3, -0.25) is 4.79 Å². The van der Waals surface area contributed by atoms with Gasteiger partial charge in [0.25, 0.3) is 0 Å². The SMILES string of the molecule is CCc1nc2ccccc2n1CCC(=O)OC. The fraction of sp³-hybridized carbons (Fsp3) is 0.385. The highest BCUT2D eigenvalue weighted by Gasteiger charge is 2.10. The molecule has 0 bridgehead atoms. The molecule has 1 heterocycles. The van der Waals surface area contributed by atoms with E-state index >= 15 is 0 Å². The minimum Gasteiger partial charge on any atom is -0.469 e. The molecule has 0 amide bonds. The predicted octanol–water partition coefficient (Wildman–Crippen LogP) is 2.16. The number of esters is 1. The van der Waals surface area contributed by atoms with Crippen LogP contribution in [0, 0.1) is 0 Å². The first kappa shape index (κ1) is 11.6. The van der Waals surface area contributed by atoms with Crippen molar-refractivity contribution in [3.63, 3.8) is 0 Å². The van der Waals surface area contributed by atoms with E-state index in [1.807, 2.05) is 24.3 Å². The normalized spacial score (nSPS) is 10.7. The number of nitrogens with zero attached hydrogens (tertiary/aromatic N) is 2. The van der Waals surface area contributed by atoms with Gasteiger partial charge in [-0.2, -0.15) is 0 Å². The molecule has 0 aliphatic rings. The molecule has 0 fully saturated rings. The maximum Gasteiger partial charge on any atom is 0.307 e. The second kappa shape index (κ2) is 4.99. The number of hydrogen-bond donors (Lipinski definition) is 0. The Kier molecular flexibility index (Phi) is 3.42. The van der Waals surface area contributed by atoms with E-state index in [0.717, 1.165) is 23.3 Å². The van der Waals surface area contributed by atoms with Crippen molar-refractivity contribution in [3.8, 4) is 0 Å². The van der Waals surface area contributed by atoms with Crippen molar-refractivity contribution >= 4 is 17.0 Å². The zero-order valence-electron chi connectivity index (χ0n) is 10.1. The number of carbonyl (C=O) groups excluding carboxylic acids is 1. The molecule has 0 saturated carbocycles. The fourth-order valence-electron chi connectivity index (χ4n) is 1.95. The molecule has 0 radical (unpaired) electrons. The minimum absolute atomic E-state index is 0.190. The fourth-order valence-corrected chi connectivity index (χ4v) is 1.95. The third-order valence-electron chi connectivity index (χ3n) is 2.82. The molecule has 17 heavy (non-hydrogen) atoms. The molecule has 2 rings (SSSR count). The molecule has 0 spiro atoms. The molecule has 0 aliphatic heterocycles. The molecule has 90 valence electrons. The monoisotopic (exact) mass is 232 g/mol. The van der Waals surface area contributed by atoms with Gasteiger partial charge in [-0.1, -0.05) is 19.1 Å². The number of imidazole rings is 1.